The molecule has 1 aromatic rings. The maximum absolute atomic E-state index is 12.7. The molecule has 0 aromatic heterocycles. The summed E-state index contributed by atoms with van der Waals surface area (Å²) in [5.74, 6) is 0. The molecule has 0 aliphatic heterocycles. The molecular formula is C17H27F3N2O3Si. The zero-order chi connectivity index (χ0) is 20.3. The summed E-state index contributed by atoms with van der Waals surface area (Å²) in [6.45, 7) is 13.1. The highest BCUT2D eigenvalue weighted by atomic mass is 28.4. The van der Waals surface area contributed by atoms with Crippen LogP contribution in [0.4, 0.5) is 18.9 Å². The summed E-state index contributed by atoms with van der Waals surface area (Å²) in [4.78, 5) is 10.3. The van der Waals surface area contributed by atoms with Crippen LogP contribution in [-0.4, -0.2) is 25.9 Å². The zero-order valence-corrected chi connectivity index (χ0v) is 17.0. The average molecular weight is 392 g/mol. The van der Waals surface area contributed by atoms with Gasteiger partial charge in [-0.1, -0.05) is 26.8 Å². The number of nitrogens with zero attached hydrogens (tertiary/aromatic N) is 1. The van der Waals surface area contributed by atoms with Crippen LogP contribution in [0, 0.1) is 10.1 Å². The molecule has 1 rings (SSSR count). The third kappa shape index (κ3) is 6.06. The van der Waals surface area contributed by atoms with E-state index in [0.29, 0.717) is 12.6 Å². The van der Waals surface area contributed by atoms with Crippen LogP contribution in [0.2, 0.25) is 18.1 Å². The molecule has 0 saturated heterocycles. The summed E-state index contributed by atoms with van der Waals surface area (Å²) in [5.41, 5.74) is -1.35. The minimum absolute atomic E-state index is 0.0630. The van der Waals surface area contributed by atoms with E-state index in [2.05, 4.69) is 39.2 Å². The SMILES string of the molecule is CC(CNCc1ccc(C(F)(F)F)cc1[N+](=O)[O-])O[Si](C)(C)C(C)(C)C. The van der Waals surface area contributed by atoms with E-state index < -0.39 is 30.7 Å². The van der Waals surface area contributed by atoms with Crippen molar-refractivity contribution in [1.82, 2.24) is 5.32 Å². The second-order valence-corrected chi connectivity index (χ2v) is 12.7. The first-order chi connectivity index (χ1) is 11.6. The molecule has 1 atom stereocenters. The van der Waals surface area contributed by atoms with Crippen LogP contribution in [-0.2, 0) is 17.1 Å². The summed E-state index contributed by atoms with van der Waals surface area (Å²) in [7, 11) is -1.93. The van der Waals surface area contributed by atoms with Crippen molar-refractivity contribution in [3.8, 4) is 0 Å². The summed E-state index contributed by atoms with van der Waals surface area (Å²) in [6.07, 6.45) is -4.72. The fourth-order valence-corrected chi connectivity index (χ4v) is 3.63. The van der Waals surface area contributed by atoms with Crippen molar-refractivity contribution in [3.05, 3.63) is 39.4 Å². The van der Waals surface area contributed by atoms with Crippen molar-refractivity contribution >= 4 is 14.0 Å². The van der Waals surface area contributed by atoms with Gasteiger partial charge in [0, 0.05) is 24.7 Å². The quantitative estimate of drug-likeness (QED) is 0.398. The molecule has 0 fully saturated rings. The van der Waals surface area contributed by atoms with Crippen molar-refractivity contribution in [3.63, 3.8) is 0 Å². The third-order valence-corrected chi connectivity index (χ3v) is 9.26. The van der Waals surface area contributed by atoms with Crippen LogP contribution in [0.15, 0.2) is 18.2 Å². The molecule has 0 saturated carbocycles. The van der Waals surface area contributed by atoms with Gasteiger partial charge in [0.2, 0.25) is 0 Å². The maximum atomic E-state index is 12.7. The Labute approximate surface area is 153 Å². The van der Waals surface area contributed by atoms with E-state index in [1.54, 1.807) is 0 Å². The Morgan fingerprint density at radius 1 is 1.27 bits per heavy atom. The van der Waals surface area contributed by atoms with Crippen molar-refractivity contribution in [2.24, 2.45) is 0 Å². The lowest BCUT2D eigenvalue weighted by Crippen LogP contribution is -2.45. The van der Waals surface area contributed by atoms with Gasteiger partial charge in [-0.05, 0) is 31.1 Å². The van der Waals surface area contributed by atoms with Crippen LogP contribution in [0.25, 0.3) is 0 Å². The molecule has 0 aliphatic carbocycles. The normalized spacial score (nSPS) is 14.3. The molecule has 148 valence electrons. The number of rotatable bonds is 7. The minimum atomic E-state index is -4.61. The molecular weight excluding hydrogens is 365 g/mol. The molecule has 9 heteroatoms. The summed E-state index contributed by atoms with van der Waals surface area (Å²) >= 11 is 0. The lowest BCUT2D eigenvalue weighted by Gasteiger charge is -2.38. The van der Waals surface area contributed by atoms with E-state index in [0.717, 1.165) is 12.1 Å². The van der Waals surface area contributed by atoms with Crippen molar-refractivity contribution < 1.29 is 22.5 Å². The Morgan fingerprint density at radius 3 is 2.31 bits per heavy atom. The largest absolute Gasteiger partial charge is 0.416 e. The first-order valence-corrected chi connectivity index (χ1v) is 11.3. The predicted octanol–water partition coefficient (Wildman–Crippen LogP) is 5.11. The molecule has 1 aromatic carbocycles. The molecule has 0 aliphatic rings. The summed E-state index contributed by atoms with van der Waals surface area (Å²) in [6, 6.07) is 2.58. The minimum Gasteiger partial charge on any atom is -0.413 e. The Morgan fingerprint density at radius 2 is 1.85 bits per heavy atom. The van der Waals surface area contributed by atoms with E-state index in [4.69, 9.17) is 4.43 Å². The van der Waals surface area contributed by atoms with Crippen LogP contribution < -0.4 is 5.32 Å². The highest BCUT2D eigenvalue weighted by Crippen LogP contribution is 2.37. The molecule has 0 spiro atoms. The van der Waals surface area contributed by atoms with Crippen LogP contribution in [0.3, 0.4) is 0 Å². The second kappa shape index (κ2) is 8.06. The summed E-state index contributed by atoms with van der Waals surface area (Å²) in [5, 5.41) is 14.2. The van der Waals surface area contributed by atoms with Crippen LogP contribution in [0.1, 0.15) is 38.8 Å². The maximum Gasteiger partial charge on any atom is 0.416 e. The van der Waals surface area contributed by atoms with E-state index >= 15 is 0 Å². The van der Waals surface area contributed by atoms with Gasteiger partial charge >= 0.3 is 6.18 Å². The summed E-state index contributed by atoms with van der Waals surface area (Å²) < 4.78 is 44.3. The number of nitro groups is 1. The smallest absolute Gasteiger partial charge is 0.413 e. The Hall–Kier alpha value is -1.45. The lowest BCUT2D eigenvalue weighted by molar-refractivity contribution is -0.385. The van der Waals surface area contributed by atoms with E-state index in [-0.39, 0.29) is 23.3 Å². The van der Waals surface area contributed by atoms with E-state index in [1.165, 1.54) is 0 Å². The Bertz CT molecular complexity index is 643. The van der Waals surface area contributed by atoms with Gasteiger partial charge in [0.15, 0.2) is 8.32 Å². The number of alkyl halides is 3. The topological polar surface area (TPSA) is 64.4 Å². The first-order valence-electron chi connectivity index (χ1n) is 8.38. The van der Waals surface area contributed by atoms with Gasteiger partial charge in [-0.3, -0.25) is 10.1 Å². The van der Waals surface area contributed by atoms with Gasteiger partial charge in [-0.15, -0.1) is 0 Å². The molecule has 0 radical (unpaired) electrons. The van der Waals surface area contributed by atoms with Gasteiger partial charge in [0.1, 0.15) is 0 Å². The Balaban J connectivity index is 2.75. The van der Waals surface area contributed by atoms with Crippen LogP contribution in [0.5, 0.6) is 0 Å². The molecule has 5 nitrogen and oxygen atoms in total. The fourth-order valence-electron chi connectivity index (χ4n) is 2.19. The fraction of sp³-hybridized carbons (Fsp3) is 0.647. The van der Waals surface area contributed by atoms with E-state index in [1.807, 2.05) is 6.92 Å². The highest BCUT2D eigenvalue weighted by Gasteiger charge is 2.38. The molecule has 26 heavy (non-hydrogen) atoms. The molecule has 0 amide bonds. The van der Waals surface area contributed by atoms with Crippen LogP contribution >= 0.6 is 0 Å². The van der Waals surface area contributed by atoms with Gasteiger partial charge in [0.25, 0.3) is 5.69 Å². The number of hydrogen-bond donors (Lipinski definition) is 1. The number of halogens is 3. The number of benzene rings is 1. The monoisotopic (exact) mass is 392 g/mol. The average Bonchev–Trinajstić information content (AvgIpc) is 2.44. The second-order valence-electron chi connectivity index (χ2n) is 7.92. The molecule has 1 unspecified atom stereocenters. The predicted molar refractivity (Wildman–Crippen MR) is 97.5 cm³/mol. The third-order valence-electron chi connectivity index (χ3n) is 4.66. The first kappa shape index (κ1) is 22.6. The molecule has 1 N–H and O–H groups in total. The number of nitro benzene ring substituents is 1. The van der Waals surface area contributed by atoms with E-state index in [9.17, 15) is 23.3 Å². The molecule has 0 bridgehead atoms. The van der Waals surface area contributed by atoms with Gasteiger partial charge in [-0.25, -0.2) is 0 Å². The standard InChI is InChI=1S/C17H27F3N2O3Si/c1-12(25-26(5,6)16(2,3)4)10-21-11-13-7-8-14(17(18,19)20)9-15(13)22(23)24/h7-9,12,21H,10-11H2,1-6H3. The van der Waals surface area contributed by atoms with Crippen molar-refractivity contribution in [2.75, 3.05) is 6.54 Å². The highest BCUT2D eigenvalue weighted by molar-refractivity contribution is 6.74. The lowest BCUT2D eigenvalue weighted by atomic mass is 10.1. The van der Waals surface area contributed by atoms with Gasteiger partial charge < -0.3 is 9.74 Å². The van der Waals surface area contributed by atoms with Crippen molar-refractivity contribution in [2.45, 2.75) is 64.7 Å². The Kier molecular flexibility index (Phi) is 7.00. The number of nitrogens with one attached hydrogen (secondary N) is 1. The zero-order valence-electron chi connectivity index (χ0n) is 16.0. The van der Waals surface area contributed by atoms with Crippen molar-refractivity contribution in [1.29, 1.82) is 0 Å². The molecule has 0 heterocycles. The van der Waals surface area contributed by atoms with Gasteiger partial charge in [-0.2, -0.15) is 13.2 Å². The van der Waals surface area contributed by atoms with Gasteiger partial charge in [0.05, 0.1) is 16.6 Å². The number of hydrogen-bond acceptors (Lipinski definition) is 4.